The normalized spacial score (nSPS) is 19.0. The number of aromatic nitrogens is 1. The van der Waals surface area contributed by atoms with E-state index in [4.69, 9.17) is 0 Å². The first-order chi connectivity index (χ1) is 15.7. The molecular formula is C29H30N2OS. The molecule has 0 saturated carbocycles. The van der Waals surface area contributed by atoms with E-state index < -0.39 is 11.6 Å². The van der Waals surface area contributed by atoms with Gasteiger partial charge in [-0.05, 0) is 69.5 Å². The molecule has 0 saturated heterocycles. The van der Waals surface area contributed by atoms with Crippen LogP contribution in [0.4, 0.5) is 5.69 Å². The first-order valence-electron chi connectivity index (χ1n) is 11.5. The van der Waals surface area contributed by atoms with E-state index in [1.54, 1.807) is 11.3 Å². The molecule has 0 radical (unpaired) electrons. The number of aryl methyl sites for hydroxylation is 3. The second kappa shape index (κ2) is 7.80. The largest absolute Gasteiger partial charge is 0.390 e. The fourth-order valence-electron chi connectivity index (χ4n) is 5.14. The van der Waals surface area contributed by atoms with Crippen molar-refractivity contribution in [3.8, 4) is 23.0 Å². The molecule has 3 heterocycles. The standard InChI is InChI=1S/C29H30N2OS/c1-16-14-24(23-9-7-8-21-17(2)15-30-27(21)23)22(13-12-20-11-10-18(3)33-20)25-19(4)28(32)29(5,6)31-26(16)25/h7-11,14-15,19,28,30-32H,1-6H3. The predicted octanol–water partition coefficient (Wildman–Crippen LogP) is 6.89. The van der Waals surface area contributed by atoms with E-state index in [9.17, 15) is 5.11 Å². The van der Waals surface area contributed by atoms with Gasteiger partial charge in [-0.3, -0.25) is 0 Å². The summed E-state index contributed by atoms with van der Waals surface area (Å²) in [5, 5.41) is 16.0. The van der Waals surface area contributed by atoms with Gasteiger partial charge in [-0.1, -0.05) is 37.0 Å². The highest BCUT2D eigenvalue weighted by atomic mass is 32.1. The second-order valence-corrected chi connectivity index (χ2v) is 11.1. The average Bonchev–Trinajstić information content (AvgIpc) is 3.37. The van der Waals surface area contributed by atoms with Crippen LogP contribution in [0.1, 0.15) is 58.7 Å². The van der Waals surface area contributed by atoms with Crippen LogP contribution in [0, 0.1) is 32.6 Å². The second-order valence-electron chi connectivity index (χ2n) is 9.85. The number of fused-ring (bicyclic) bond motifs is 2. The van der Waals surface area contributed by atoms with Crippen molar-refractivity contribution in [2.24, 2.45) is 0 Å². The molecule has 0 bridgehead atoms. The summed E-state index contributed by atoms with van der Waals surface area (Å²) in [6.07, 6.45) is 1.54. The molecule has 33 heavy (non-hydrogen) atoms. The number of aromatic amines is 1. The Kier molecular flexibility index (Phi) is 5.16. The van der Waals surface area contributed by atoms with Gasteiger partial charge in [0.1, 0.15) is 0 Å². The third kappa shape index (κ3) is 3.57. The molecule has 2 aromatic heterocycles. The number of thiophene rings is 1. The maximum absolute atomic E-state index is 11.2. The number of aliphatic hydroxyl groups is 1. The van der Waals surface area contributed by atoms with Gasteiger partial charge in [-0.15, -0.1) is 11.3 Å². The molecule has 2 unspecified atom stereocenters. The summed E-state index contributed by atoms with van der Waals surface area (Å²) in [6, 6.07) is 12.9. The number of rotatable bonds is 1. The van der Waals surface area contributed by atoms with Gasteiger partial charge in [0.2, 0.25) is 0 Å². The number of hydrogen-bond donors (Lipinski definition) is 3. The lowest BCUT2D eigenvalue weighted by molar-refractivity contribution is 0.0868. The number of benzene rings is 2. The molecule has 0 fully saturated rings. The minimum absolute atomic E-state index is 0.0474. The number of para-hydroxylation sites is 1. The van der Waals surface area contributed by atoms with Crippen molar-refractivity contribution in [3.63, 3.8) is 0 Å². The smallest absolute Gasteiger partial charge is 0.0831 e. The molecule has 0 aliphatic carbocycles. The van der Waals surface area contributed by atoms with E-state index >= 15 is 0 Å². The molecule has 1 aliphatic rings. The third-order valence-corrected chi connectivity index (χ3v) is 7.86. The first kappa shape index (κ1) is 21.8. The van der Waals surface area contributed by atoms with Crippen LogP contribution in [0.5, 0.6) is 0 Å². The summed E-state index contributed by atoms with van der Waals surface area (Å²) >= 11 is 1.71. The molecular weight excluding hydrogens is 424 g/mol. The Bertz CT molecular complexity index is 1440. The van der Waals surface area contributed by atoms with Crippen LogP contribution in [0.3, 0.4) is 0 Å². The molecule has 3 nitrogen and oxygen atoms in total. The Morgan fingerprint density at radius 2 is 1.79 bits per heavy atom. The van der Waals surface area contributed by atoms with E-state index in [0.29, 0.717) is 0 Å². The Morgan fingerprint density at radius 3 is 2.52 bits per heavy atom. The highest BCUT2D eigenvalue weighted by molar-refractivity contribution is 7.12. The molecule has 4 heteroatoms. The Balaban J connectivity index is 1.83. The molecule has 2 atom stereocenters. The third-order valence-electron chi connectivity index (χ3n) is 6.94. The van der Waals surface area contributed by atoms with E-state index in [1.165, 1.54) is 21.4 Å². The number of anilines is 1. The molecule has 0 spiro atoms. The summed E-state index contributed by atoms with van der Waals surface area (Å²) in [4.78, 5) is 5.79. The van der Waals surface area contributed by atoms with Crippen molar-refractivity contribution in [2.75, 3.05) is 5.32 Å². The van der Waals surface area contributed by atoms with Crippen LogP contribution >= 0.6 is 11.3 Å². The quantitative estimate of drug-likeness (QED) is 0.274. The zero-order valence-corrected chi connectivity index (χ0v) is 20.9. The monoisotopic (exact) mass is 454 g/mol. The number of H-pyrrole nitrogens is 1. The van der Waals surface area contributed by atoms with Crippen LogP contribution in [0.2, 0.25) is 0 Å². The lowest BCUT2D eigenvalue weighted by Crippen LogP contribution is -2.50. The molecule has 5 rings (SSSR count). The molecule has 0 amide bonds. The average molecular weight is 455 g/mol. The van der Waals surface area contributed by atoms with Gasteiger partial charge >= 0.3 is 0 Å². The van der Waals surface area contributed by atoms with Crippen molar-refractivity contribution in [2.45, 2.75) is 59.1 Å². The van der Waals surface area contributed by atoms with E-state index in [2.05, 4.69) is 106 Å². The summed E-state index contributed by atoms with van der Waals surface area (Å²) in [7, 11) is 0. The molecule has 168 valence electrons. The lowest BCUT2D eigenvalue weighted by atomic mass is 9.75. The van der Waals surface area contributed by atoms with Gasteiger partial charge in [0, 0.05) is 44.8 Å². The fourth-order valence-corrected chi connectivity index (χ4v) is 5.86. The lowest BCUT2D eigenvalue weighted by Gasteiger charge is -2.43. The topological polar surface area (TPSA) is 48.0 Å². The van der Waals surface area contributed by atoms with E-state index in [0.717, 1.165) is 38.3 Å². The number of nitrogens with one attached hydrogen (secondary N) is 2. The van der Waals surface area contributed by atoms with E-state index in [-0.39, 0.29) is 5.92 Å². The van der Waals surface area contributed by atoms with Gasteiger partial charge in [0.05, 0.1) is 22.0 Å². The van der Waals surface area contributed by atoms with Crippen molar-refractivity contribution in [3.05, 3.63) is 74.6 Å². The van der Waals surface area contributed by atoms with Crippen molar-refractivity contribution < 1.29 is 5.11 Å². The highest BCUT2D eigenvalue weighted by Crippen LogP contribution is 2.46. The maximum atomic E-state index is 11.2. The van der Waals surface area contributed by atoms with Gasteiger partial charge in [0.15, 0.2) is 0 Å². The summed E-state index contributed by atoms with van der Waals surface area (Å²) < 4.78 is 0. The Labute approximate surface area is 199 Å². The Morgan fingerprint density at radius 1 is 1.00 bits per heavy atom. The van der Waals surface area contributed by atoms with Gasteiger partial charge < -0.3 is 15.4 Å². The maximum Gasteiger partial charge on any atom is 0.0831 e. The molecule has 2 aromatic carbocycles. The van der Waals surface area contributed by atoms with Gasteiger partial charge in [0.25, 0.3) is 0 Å². The van der Waals surface area contributed by atoms with E-state index in [1.807, 2.05) is 0 Å². The predicted molar refractivity (Wildman–Crippen MR) is 140 cm³/mol. The van der Waals surface area contributed by atoms with Crippen LogP contribution < -0.4 is 5.32 Å². The minimum atomic E-state index is -0.521. The molecule has 4 aromatic rings. The first-order valence-corrected chi connectivity index (χ1v) is 12.3. The SMILES string of the molecule is Cc1ccc(C#Cc2c(-c3cccc4c(C)c[nH]c34)cc(C)c3c2C(C)C(O)C(C)(C)N3)s1. The summed E-state index contributed by atoms with van der Waals surface area (Å²) in [5.74, 6) is 6.91. The molecule has 3 N–H and O–H groups in total. The van der Waals surface area contributed by atoms with Crippen LogP contribution in [0.25, 0.3) is 22.0 Å². The van der Waals surface area contributed by atoms with Crippen LogP contribution in [-0.4, -0.2) is 21.7 Å². The van der Waals surface area contributed by atoms with Crippen molar-refractivity contribution >= 4 is 27.9 Å². The molecule has 1 aliphatic heterocycles. The highest BCUT2D eigenvalue weighted by Gasteiger charge is 2.40. The number of aliphatic hydroxyl groups excluding tert-OH is 1. The minimum Gasteiger partial charge on any atom is -0.390 e. The van der Waals surface area contributed by atoms with Crippen molar-refractivity contribution in [1.82, 2.24) is 4.98 Å². The van der Waals surface area contributed by atoms with Crippen LogP contribution in [0.15, 0.2) is 42.6 Å². The summed E-state index contributed by atoms with van der Waals surface area (Å²) in [5.41, 5.74) is 8.58. The number of hydrogen-bond acceptors (Lipinski definition) is 3. The van der Waals surface area contributed by atoms with Crippen LogP contribution in [-0.2, 0) is 0 Å². The van der Waals surface area contributed by atoms with Crippen molar-refractivity contribution in [1.29, 1.82) is 0 Å². The zero-order valence-electron chi connectivity index (χ0n) is 20.1. The summed E-state index contributed by atoms with van der Waals surface area (Å²) in [6.45, 7) is 12.6. The zero-order chi connectivity index (χ0) is 23.5. The van der Waals surface area contributed by atoms with Gasteiger partial charge in [-0.25, -0.2) is 0 Å². The fraction of sp³-hybridized carbons (Fsp3) is 0.310. The van der Waals surface area contributed by atoms with Gasteiger partial charge in [-0.2, -0.15) is 0 Å². The Hall–Kier alpha value is -3.00.